The van der Waals surface area contributed by atoms with Gasteiger partial charge >= 0.3 is 0 Å². The van der Waals surface area contributed by atoms with Crippen LogP contribution >= 0.6 is 11.6 Å². The monoisotopic (exact) mass is 302 g/mol. The van der Waals surface area contributed by atoms with E-state index in [0.29, 0.717) is 22.4 Å². The van der Waals surface area contributed by atoms with Gasteiger partial charge in [-0.2, -0.15) is 0 Å². The topological polar surface area (TPSA) is 63.7 Å². The number of aromatic nitrogens is 4. The van der Waals surface area contributed by atoms with Crippen molar-refractivity contribution in [1.82, 2.24) is 19.9 Å². The number of halogens is 1. The van der Waals surface area contributed by atoms with Gasteiger partial charge in [-0.15, -0.1) is 0 Å². The summed E-state index contributed by atoms with van der Waals surface area (Å²) >= 11 is 6.27. The second kappa shape index (κ2) is 5.33. The van der Waals surface area contributed by atoms with E-state index in [1.807, 2.05) is 32.2 Å². The van der Waals surface area contributed by atoms with Crippen LogP contribution in [0.4, 0.5) is 0 Å². The fourth-order valence-electron chi connectivity index (χ4n) is 2.22. The van der Waals surface area contributed by atoms with Crippen LogP contribution in [0.3, 0.4) is 0 Å². The molecule has 0 unspecified atom stereocenters. The van der Waals surface area contributed by atoms with Gasteiger partial charge < -0.3 is 9.72 Å². The lowest BCUT2D eigenvalue weighted by Crippen LogP contribution is -1.98. The molecule has 0 bridgehead atoms. The molecule has 0 radical (unpaired) electrons. The molecule has 0 saturated heterocycles. The van der Waals surface area contributed by atoms with Crippen molar-refractivity contribution in [3.05, 3.63) is 34.7 Å². The zero-order valence-corrected chi connectivity index (χ0v) is 12.8. The van der Waals surface area contributed by atoms with Crippen LogP contribution in [0.25, 0.3) is 22.4 Å². The molecule has 21 heavy (non-hydrogen) atoms. The van der Waals surface area contributed by atoms with E-state index in [1.54, 1.807) is 7.11 Å². The van der Waals surface area contributed by atoms with E-state index in [4.69, 9.17) is 16.3 Å². The fourth-order valence-corrected chi connectivity index (χ4v) is 2.45. The summed E-state index contributed by atoms with van der Waals surface area (Å²) in [5.74, 6) is 0.512. The minimum Gasteiger partial charge on any atom is -0.480 e. The highest BCUT2D eigenvalue weighted by molar-refractivity contribution is 6.32. The Morgan fingerprint density at radius 1 is 1.24 bits per heavy atom. The second-order valence-corrected chi connectivity index (χ2v) is 5.10. The highest BCUT2D eigenvalue weighted by Crippen LogP contribution is 2.33. The Morgan fingerprint density at radius 2 is 2.05 bits per heavy atom. The molecular formula is C15H15ClN4O. The van der Waals surface area contributed by atoms with E-state index in [1.165, 1.54) is 0 Å². The van der Waals surface area contributed by atoms with Crippen molar-refractivity contribution in [3.8, 4) is 17.1 Å². The first-order valence-corrected chi connectivity index (χ1v) is 7.07. The van der Waals surface area contributed by atoms with Gasteiger partial charge in [-0.05, 0) is 31.0 Å². The molecule has 1 N–H and O–H groups in total. The molecule has 0 aromatic carbocycles. The lowest BCUT2D eigenvalue weighted by Gasteiger charge is -2.09. The Balaban J connectivity index is 2.24. The van der Waals surface area contributed by atoms with E-state index >= 15 is 0 Å². The molecule has 5 nitrogen and oxygen atoms in total. The second-order valence-electron chi connectivity index (χ2n) is 4.74. The Labute approximate surface area is 127 Å². The molecule has 3 rings (SSSR count). The van der Waals surface area contributed by atoms with Crippen molar-refractivity contribution in [1.29, 1.82) is 0 Å². The van der Waals surface area contributed by atoms with Crippen LogP contribution in [0, 0.1) is 6.92 Å². The summed E-state index contributed by atoms with van der Waals surface area (Å²) in [6, 6.07) is 3.87. The molecule has 0 saturated carbocycles. The highest BCUT2D eigenvalue weighted by atomic mass is 35.5. The lowest BCUT2D eigenvalue weighted by atomic mass is 10.1. The zero-order chi connectivity index (χ0) is 15.0. The molecule has 3 aromatic rings. The van der Waals surface area contributed by atoms with Crippen molar-refractivity contribution in [2.24, 2.45) is 0 Å². The third kappa shape index (κ3) is 2.34. The molecule has 0 atom stereocenters. The van der Waals surface area contributed by atoms with Gasteiger partial charge in [0.1, 0.15) is 11.2 Å². The third-order valence-electron chi connectivity index (χ3n) is 3.38. The number of ether oxygens (including phenoxy) is 1. The molecule has 0 spiro atoms. The van der Waals surface area contributed by atoms with E-state index in [-0.39, 0.29) is 0 Å². The number of rotatable bonds is 3. The fraction of sp³-hybridized carbons (Fsp3) is 0.267. The van der Waals surface area contributed by atoms with Gasteiger partial charge in [0.15, 0.2) is 10.8 Å². The first-order chi connectivity index (χ1) is 10.1. The minimum atomic E-state index is 0.327. The number of nitrogens with zero attached hydrogens (tertiary/aromatic N) is 3. The van der Waals surface area contributed by atoms with Crippen LogP contribution in [0.1, 0.15) is 18.2 Å². The number of aryl methyl sites for hydroxylation is 2. The summed E-state index contributed by atoms with van der Waals surface area (Å²) in [7, 11) is 1.59. The van der Waals surface area contributed by atoms with Crippen LogP contribution in [0.2, 0.25) is 5.15 Å². The van der Waals surface area contributed by atoms with Gasteiger partial charge in [-0.1, -0.05) is 18.5 Å². The van der Waals surface area contributed by atoms with Crippen molar-refractivity contribution >= 4 is 22.8 Å². The molecule has 108 valence electrons. The number of methoxy groups -OCH3 is 1. The predicted molar refractivity (Wildman–Crippen MR) is 82.8 cm³/mol. The van der Waals surface area contributed by atoms with E-state index in [9.17, 15) is 0 Å². The number of nitrogens with one attached hydrogen (secondary N) is 1. The lowest BCUT2D eigenvalue weighted by molar-refractivity contribution is 0.398. The maximum atomic E-state index is 6.27. The molecule has 0 aliphatic heterocycles. The van der Waals surface area contributed by atoms with E-state index in [0.717, 1.165) is 28.8 Å². The minimum absolute atomic E-state index is 0.327. The highest BCUT2D eigenvalue weighted by Gasteiger charge is 2.16. The number of fused-ring (bicyclic) bond motifs is 1. The maximum Gasteiger partial charge on any atom is 0.223 e. The normalized spacial score (nSPS) is 11.0. The Kier molecular flexibility index (Phi) is 3.51. The standard InChI is InChI=1S/C15H15ClN4O/c1-4-9-5-6-10(15(18-9)21-3)12-13(16)20-14-11(19-12)8(2)7-17-14/h5-7H,4H2,1-3H3,(H,17,20). The SMILES string of the molecule is CCc1ccc(-c2nc3c(C)c[nH]c3nc2Cl)c(OC)n1. The Hall–Kier alpha value is -2.14. The molecule has 0 aliphatic rings. The Bertz CT molecular complexity index is 813. The van der Waals surface area contributed by atoms with Crippen molar-refractivity contribution in [2.45, 2.75) is 20.3 Å². The van der Waals surface area contributed by atoms with E-state index < -0.39 is 0 Å². The molecule has 3 aromatic heterocycles. The van der Waals surface area contributed by atoms with Crippen molar-refractivity contribution in [2.75, 3.05) is 7.11 Å². The molecular weight excluding hydrogens is 288 g/mol. The molecule has 0 fully saturated rings. The summed E-state index contributed by atoms with van der Waals surface area (Å²) in [6.07, 6.45) is 2.70. The van der Waals surface area contributed by atoms with E-state index in [2.05, 4.69) is 19.9 Å². The Morgan fingerprint density at radius 3 is 2.76 bits per heavy atom. The summed E-state index contributed by atoms with van der Waals surface area (Å²) < 4.78 is 5.38. The number of pyridine rings is 1. The average molecular weight is 303 g/mol. The third-order valence-corrected chi connectivity index (χ3v) is 3.64. The largest absolute Gasteiger partial charge is 0.480 e. The van der Waals surface area contributed by atoms with Gasteiger partial charge in [0, 0.05) is 11.9 Å². The molecule has 0 amide bonds. The summed E-state index contributed by atoms with van der Waals surface area (Å²) in [5, 5.41) is 0.327. The number of hydrogen-bond donors (Lipinski definition) is 1. The first kappa shape index (κ1) is 13.8. The van der Waals surface area contributed by atoms with Crippen molar-refractivity contribution < 1.29 is 4.74 Å². The van der Waals surface area contributed by atoms with Crippen LogP contribution in [-0.2, 0) is 6.42 Å². The van der Waals surface area contributed by atoms with Gasteiger partial charge in [0.05, 0.1) is 12.7 Å². The van der Waals surface area contributed by atoms with Crippen LogP contribution in [0.15, 0.2) is 18.3 Å². The smallest absolute Gasteiger partial charge is 0.223 e. The van der Waals surface area contributed by atoms with Crippen molar-refractivity contribution in [3.63, 3.8) is 0 Å². The molecule has 3 heterocycles. The average Bonchev–Trinajstić information content (AvgIpc) is 2.86. The predicted octanol–water partition coefficient (Wildman–Crippen LogP) is 3.55. The quantitative estimate of drug-likeness (QED) is 0.803. The summed E-state index contributed by atoms with van der Waals surface area (Å²) in [4.78, 5) is 16.5. The van der Waals surface area contributed by atoms with Gasteiger partial charge in [-0.3, -0.25) is 0 Å². The summed E-state index contributed by atoms with van der Waals surface area (Å²) in [6.45, 7) is 4.02. The number of aromatic amines is 1. The van der Waals surface area contributed by atoms with Gasteiger partial charge in [0.25, 0.3) is 0 Å². The van der Waals surface area contributed by atoms with Crippen LogP contribution in [-0.4, -0.2) is 27.0 Å². The van der Waals surface area contributed by atoms with Gasteiger partial charge in [-0.25, -0.2) is 15.0 Å². The maximum absolute atomic E-state index is 6.27. The van der Waals surface area contributed by atoms with Gasteiger partial charge in [0.2, 0.25) is 5.88 Å². The summed E-state index contributed by atoms with van der Waals surface area (Å²) in [5.41, 5.74) is 4.79. The number of H-pyrrole nitrogens is 1. The first-order valence-electron chi connectivity index (χ1n) is 6.69. The zero-order valence-electron chi connectivity index (χ0n) is 12.1. The van der Waals surface area contributed by atoms with Crippen LogP contribution in [0.5, 0.6) is 5.88 Å². The molecule has 6 heteroatoms. The molecule has 0 aliphatic carbocycles. The van der Waals surface area contributed by atoms with Crippen LogP contribution < -0.4 is 4.74 Å². The number of hydrogen-bond acceptors (Lipinski definition) is 4.